The van der Waals surface area contributed by atoms with Gasteiger partial charge in [-0.2, -0.15) is 5.26 Å². The zero-order valence-electron chi connectivity index (χ0n) is 14.5. The van der Waals surface area contributed by atoms with E-state index in [0.29, 0.717) is 10.6 Å². The summed E-state index contributed by atoms with van der Waals surface area (Å²) in [7, 11) is 0. The lowest BCUT2D eigenvalue weighted by Crippen LogP contribution is -2.35. The first-order valence-corrected chi connectivity index (χ1v) is 9.04. The summed E-state index contributed by atoms with van der Waals surface area (Å²) in [5.74, 6) is -1.68. The van der Waals surface area contributed by atoms with Crippen molar-refractivity contribution >= 4 is 46.4 Å². The summed E-state index contributed by atoms with van der Waals surface area (Å²) in [6, 6.07) is 9.79. The predicted molar refractivity (Wildman–Crippen MR) is 102 cm³/mol. The second-order valence-corrected chi connectivity index (χ2v) is 7.22. The second-order valence-electron chi connectivity index (χ2n) is 5.52. The lowest BCUT2D eigenvalue weighted by molar-refractivity contribution is -0.152. The Morgan fingerprint density at radius 3 is 2.63 bits per heavy atom. The normalized spacial score (nSPS) is 11.2. The largest absolute Gasteiger partial charge is 0.451 e. The van der Waals surface area contributed by atoms with Crippen LogP contribution < -0.4 is 10.6 Å². The topological polar surface area (TPSA) is 108 Å². The molecule has 1 heterocycles. The number of carbonyl (C=O) groups is 3. The van der Waals surface area contributed by atoms with Crippen LogP contribution in [0.4, 0.5) is 5.69 Å². The molecule has 0 radical (unpaired) electrons. The first-order chi connectivity index (χ1) is 12.8. The Morgan fingerprint density at radius 2 is 2.04 bits per heavy atom. The van der Waals surface area contributed by atoms with Gasteiger partial charge in [0.1, 0.15) is 12.6 Å². The average Bonchev–Trinajstić information content (AvgIpc) is 3.06. The Balaban J connectivity index is 1.83. The Morgan fingerprint density at radius 1 is 1.30 bits per heavy atom. The molecular weight excluding hydrogens is 390 g/mol. The minimum atomic E-state index is -1.08. The number of esters is 1. The molecule has 2 rings (SSSR count). The third-order valence-electron chi connectivity index (χ3n) is 3.39. The zero-order valence-corrected chi connectivity index (χ0v) is 16.1. The first kappa shape index (κ1) is 20.4. The molecule has 0 aliphatic carbocycles. The molecule has 7 nitrogen and oxygen atoms in total. The molecule has 2 N–H and O–H groups in total. The molecule has 27 heavy (non-hydrogen) atoms. The standard InChI is InChI=1S/C18H16ClN3O4S/c1-10-3-6-15(27-10)18(25)21-9-16(23)26-11(2)17(24)22-13-5-4-12(8-20)14(19)7-13/h3-7,11H,9H2,1-2H3,(H,21,25)(H,22,24). The van der Waals surface area contributed by atoms with E-state index in [1.54, 1.807) is 12.1 Å². The van der Waals surface area contributed by atoms with E-state index in [-0.39, 0.29) is 23.0 Å². The molecule has 0 saturated heterocycles. The van der Waals surface area contributed by atoms with Crippen molar-refractivity contribution in [1.29, 1.82) is 5.26 Å². The highest BCUT2D eigenvalue weighted by atomic mass is 35.5. The second kappa shape index (κ2) is 9.16. The van der Waals surface area contributed by atoms with Gasteiger partial charge in [-0.1, -0.05) is 11.6 Å². The molecule has 1 atom stereocenters. The van der Waals surface area contributed by atoms with Gasteiger partial charge in [0.25, 0.3) is 11.8 Å². The number of thiophene rings is 1. The van der Waals surface area contributed by atoms with E-state index in [2.05, 4.69) is 10.6 Å². The van der Waals surface area contributed by atoms with Crippen LogP contribution in [-0.4, -0.2) is 30.4 Å². The summed E-state index contributed by atoms with van der Waals surface area (Å²) in [5, 5.41) is 14.0. The molecule has 0 bridgehead atoms. The molecule has 2 amide bonds. The molecule has 1 aromatic heterocycles. The molecule has 0 aliphatic rings. The number of hydrogen-bond acceptors (Lipinski definition) is 6. The number of carbonyl (C=O) groups excluding carboxylic acids is 3. The first-order valence-electron chi connectivity index (χ1n) is 7.84. The smallest absolute Gasteiger partial charge is 0.326 e. The number of aryl methyl sites for hydroxylation is 1. The van der Waals surface area contributed by atoms with E-state index in [1.807, 2.05) is 13.0 Å². The highest BCUT2D eigenvalue weighted by Gasteiger charge is 2.19. The van der Waals surface area contributed by atoms with Crippen molar-refractivity contribution < 1.29 is 19.1 Å². The summed E-state index contributed by atoms with van der Waals surface area (Å²) >= 11 is 7.21. The number of nitrogens with one attached hydrogen (secondary N) is 2. The Kier molecular flexibility index (Phi) is 6.93. The SMILES string of the molecule is Cc1ccc(C(=O)NCC(=O)OC(C)C(=O)Nc2ccc(C#N)c(Cl)c2)s1. The zero-order chi connectivity index (χ0) is 20.0. The van der Waals surface area contributed by atoms with Crippen molar-refractivity contribution in [3.63, 3.8) is 0 Å². The molecule has 1 unspecified atom stereocenters. The van der Waals surface area contributed by atoms with Crippen LogP contribution in [-0.2, 0) is 14.3 Å². The molecule has 0 aliphatic heterocycles. The molecule has 0 spiro atoms. The molecular formula is C18H16ClN3O4S. The molecule has 1 aromatic carbocycles. The van der Waals surface area contributed by atoms with E-state index in [0.717, 1.165) is 4.88 Å². The van der Waals surface area contributed by atoms with Crippen molar-refractivity contribution in [2.75, 3.05) is 11.9 Å². The van der Waals surface area contributed by atoms with Gasteiger partial charge in [-0.25, -0.2) is 0 Å². The Bertz CT molecular complexity index is 920. The van der Waals surface area contributed by atoms with Crippen LogP contribution in [0.15, 0.2) is 30.3 Å². The van der Waals surface area contributed by atoms with Crippen LogP contribution in [0.3, 0.4) is 0 Å². The van der Waals surface area contributed by atoms with Gasteiger partial charge in [-0.05, 0) is 44.2 Å². The van der Waals surface area contributed by atoms with Gasteiger partial charge in [-0.15, -0.1) is 11.3 Å². The maximum atomic E-state index is 12.1. The fourth-order valence-corrected chi connectivity index (χ4v) is 3.02. The predicted octanol–water partition coefficient (Wildman–Crippen LogP) is 2.88. The molecule has 0 fully saturated rings. The van der Waals surface area contributed by atoms with Gasteiger partial charge in [0.05, 0.1) is 15.5 Å². The van der Waals surface area contributed by atoms with Gasteiger partial charge in [0.2, 0.25) is 0 Å². The van der Waals surface area contributed by atoms with Crippen LogP contribution in [0, 0.1) is 18.3 Å². The fraction of sp³-hybridized carbons (Fsp3) is 0.222. The molecule has 9 heteroatoms. The highest BCUT2D eigenvalue weighted by molar-refractivity contribution is 7.13. The maximum absolute atomic E-state index is 12.1. The van der Waals surface area contributed by atoms with E-state index in [4.69, 9.17) is 21.6 Å². The molecule has 2 aromatic rings. The number of benzene rings is 1. The summed E-state index contributed by atoms with van der Waals surface area (Å²) in [6.45, 7) is 2.93. The van der Waals surface area contributed by atoms with Crippen LogP contribution >= 0.6 is 22.9 Å². The van der Waals surface area contributed by atoms with E-state index in [1.165, 1.54) is 36.5 Å². The van der Waals surface area contributed by atoms with Gasteiger partial charge in [-0.3, -0.25) is 14.4 Å². The number of nitrogens with zero attached hydrogens (tertiary/aromatic N) is 1. The monoisotopic (exact) mass is 405 g/mol. The lowest BCUT2D eigenvalue weighted by atomic mass is 10.2. The van der Waals surface area contributed by atoms with Gasteiger partial charge in [0.15, 0.2) is 6.10 Å². The number of amides is 2. The van der Waals surface area contributed by atoms with Gasteiger partial charge >= 0.3 is 5.97 Å². The number of nitriles is 1. The quantitative estimate of drug-likeness (QED) is 0.718. The molecule has 0 saturated carbocycles. The van der Waals surface area contributed by atoms with Crippen molar-refractivity contribution in [2.24, 2.45) is 0 Å². The summed E-state index contributed by atoms with van der Waals surface area (Å²) in [5.41, 5.74) is 0.652. The van der Waals surface area contributed by atoms with Crippen molar-refractivity contribution in [3.05, 3.63) is 50.7 Å². The van der Waals surface area contributed by atoms with Crippen molar-refractivity contribution in [2.45, 2.75) is 20.0 Å². The summed E-state index contributed by atoms with van der Waals surface area (Å²) < 4.78 is 5.00. The maximum Gasteiger partial charge on any atom is 0.326 e. The van der Waals surface area contributed by atoms with Gasteiger partial charge < -0.3 is 15.4 Å². The van der Waals surface area contributed by atoms with Crippen LogP contribution in [0.2, 0.25) is 5.02 Å². The van der Waals surface area contributed by atoms with Crippen molar-refractivity contribution in [1.82, 2.24) is 5.32 Å². The van der Waals surface area contributed by atoms with Crippen LogP contribution in [0.1, 0.15) is 27.0 Å². The summed E-state index contributed by atoms with van der Waals surface area (Å²) in [6.07, 6.45) is -1.08. The minimum Gasteiger partial charge on any atom is -0.451 e. The number of hydrogen-bond donors (Lipinski definition) is 2. The average molecular weight is 406 g/mol. The minimum absolute atomic E-state index is 0.200. The Labute approximate surface area is 164 Å². The third kappa shape index (κ3) is 5.81. The number of ether oxygens (including phenoxy) is 1. The van der Waals surface area contributed by atoms with E-state index in [9.17, 15) is 14.4 Å². The number of halogens is 1. The van der Waals surface area contributed by atoms with Crippen LogP contribution in [0.5, 0.6) is 0 Å². The van der Waals surface area contributed by atoms with Crippen molar-refractivity contribution in [3.8, 4) is 6.07 Å². The summed E-state index contributed by atoms with van der Waals surface area (Å²) in [4.78, 5) is 37.3. The molecule has 140 valence electrons. The lowest BCUT2D eigenvalue weighted by Gasteiger charge is -2.14. The number of rotatable bonds is 6. The van der Waals surface area contributed by atoms with Crippen LogP contribution in [0.25, 0.3) is 0 Å². The number of anilines is 1. The fourth-order valence-electron chi connectivity index (χ4n) is 2.02. The van der Waals surface area contributed by atoms with E-state index >= 15 is 0 Å². The Hall–Kier alpha value is -2.89. The van der Waals surface area contributed by atoms with E-state index < -0.39 is 18.0 Å². The third-order valence-corrected chi connectivity index (χ3v) is 4.70. The van der Waals surface area contributed by atoms with Gasteiger partial charge in [0, 0.05) is 10.6 Å². The highest BCUT2D eigenvalue weighted by Crippen LogP contribution is 2.20.